The molecular weight excluding hydrogens is 822 g/mol. The van der Waals surface area contributed by atoms with Crippen molar-refractivity contribution in [2.24, 2.45) is 0 Å². The van der Waals surface area contributed by atoms with E-state index in [1.807, 2.05) is 21.1 Å². The molecule has 0 aliphatic rings. The zero-order chi connectivity index (χ0) is 47.1. The van der Waals surface area contributed by atoms with Gasteiger partial charge in [-0.25, -0.2) is 4.57 Å². The molecule has 0 aliphatic carbocycles. The van der Waals surface area contributed by atoms with Gasteiger partial charge < -0.3 is 18.9 Å². The van der Waals surface area contributed by atoms with Crippen molar-refractivity contribution in [3.8, 4) is 0 Å². The van der Waals surface area contributed by atoms with Crippen LogP contribution in [0.3, 0.4) is 0 Å². The van der Waals surface area contributed by atoms with Crippen molar-refractivity contribution in [1.29, 1.82) is 0 Å². The Kier molecular flexibility index (Phi) is 45.5. The normalized spacial score (nSPS) is 13.5. The number of likely N-dealkylation sites (N-methyl/N-ethyl adjacent to an activating group) is 1. The molecule has 64 heavy (non-hydrogen) atoms. The van der Waals surface area contributed by atoms with Gasteiger partial charge >= 0.3 is 19.8 Å². The van der Waals surface area contributed by atoms with Crippen LogP contribution in [-0.4, -0.2) is 74.9 Å². The molecule has 10 heteroatoms. The maximum atomic E-state index is 12.8. The molecule has 9 nitrogen and oxygen atoms in total. The van der Waals surface area contributed by atoms with Crippen molar-refractivity contribution < 1.29 is 42.1 Å². The van der Waals surface area contributed by atoms with Gasteiger partial charge in [0, 0.05) is 12.8 Å². The largest absolute Gasteiger partial charge is 0.472 e. The molecule has 0 radical (unpaired) electrons. The van der Waals surface area contributed by atoms with Crippen molar-refractivity contribution in [1.82, 2.24) is 0 Å². The van der Waals surface area contributed by atoms with E-state index < -0.39 is 26.5 Å². The summed E-state index contributed by atoms with van der Waals surface area (Å²) < 4.78 is 34.5. The first-order valence-corrected chi connectivity index (χ1v) is 28.6. The van der Waals surface area contributed by atoms with Gasteiger partial charge in [-0.15, -0.1) is 0 Å². The van der Waals surface area contributed by atoms with Gasteiger partial charge in [-0.3, -0.25) is 18.6 Å². The summed E-state index contributed by atoms with van der Waals surface area (Å²) in [6.45, 7) is 4.45. The molecule has 0 aliphatic heterocycles. The minimum atomic E-state index is -4.38. The summed E-state index contributed by atoms with van der Waals surface area (Å²) in [5, 5.41) is 0. The molecule has 0 saturated heterocycles. The number of allylic oxidation sites excluding steroid dienone is 4. The minimum absolute atomic E-state index is 0.0331. The van der Waals surface area contributed by atoms with Crippen molar-refractivity contribution in [3.05, 3.63) is 24.3 Å². The highest BCUT2D eigenvalue weighted by atomic mass is 31.2. The highest BCUT2D eigenvalue weighted by Gasteiger charge is 2.27. The number of hydrogen-bond acceptors (Lipinski definition) is 7. The highest BCUT2D eigenvalue weighted by molar-refractivity contribution is 7.47. The Bertz CT molecular complexity index is 1140. The van der Waals surface area contributed by atoms with Crippen LogP contribution >= 0.6 is 7.82 Å². The summed E-state index contributed by atoms with van der Waals surface area (Å²) in [7, 11) is 1.49. The molecule has 0 aromatic rings. The number of nitrogens with zero attached hydrogens (tertiary/aromatic N) is 1. The second kappa shape index (κ2) is 46.6. The van der Waals surface area contributed by atoms with Gasteiger partial charge in [0.25, 0.3) is 0 Å². The van der Waals surface area contributed by atoms with Crippen molar-refractivity contribution >= 4 is 19.8 Å². The summed E-state index contributed by atoms with van der Waals surface area (Å²) in [4.78, 5) is 35.6. The van der Waals surface area contributed by atoms with Crippen LogP contribution < -0.4 is 0 Å². The first-order valence-electron chi connectivity index (χ1n) is 27.1. The molecule has 2 atom stereocenters. The Morgan fingerprint density at radius 2 is 0.844 bits per heavy atom. The van der Waals surface area contributed by atoms with Crippen LogP contribution in [0.1, 0.15) is 258 Å². The van der Waals surface area contributed by atoms with Gasteiger partial charge in [0.2, 0.25) is 0 Å². The number of quaternary nitrogens is 1. The number of phosphoric ester groups is 1. The number of carbonyl (C=O) groups excluding carboxylic acids is 2. The summed E-state index contributed by atoms with van der Waals surface area (Å²) in [6, 6.07) is 0. The maximum absolute atomic E-state index is 12.8. The fourth-order valence-corrected chi connectivity index (χ4v) is 8.49. The predicted octanol–water partition coefficient (Wildman–Crippen LogP) is 16.3. The molecule has 1 N–H and O–H groups in total. The molecule has 0 saturated carbocycles. The summed E-state index contributed by atoms with van der Waals surface area (Å²) in [6.07, 6.45) is 53.7. The molecule has 0 fully saturated rings. The SMILES string of the molecule is CCCCC/C=C\C/C=C\CCCCCCCCCCCC(=O)OC(COC(=O)CCCCCCCCCCCCCCCCCCCCCCC)COP(=O)(O)OCC[N+](C)(C)C. The first-order chi connectivity index (χ1) is 31.0. The molecule has 378 valence electrons. The highest BCUT2D eigenvalue weighted by Crippen LogP contribution is 2.43. The number of hydrogen-bond donors (Lipinski definition) is 1. The Morgan fingerprint density at radius 1 is 0.484 bits per heavy atom. The Balaban J connectivity index is 4.19. The van der Waals surface area contributed by atoms with E-state index in [1.54, 1.807) is 0 Å². The number of ether oxygens (including phenoxy) is 2. The molecule has 2 unspecified atom stereocenters. The Labute approximate surface area is 396 Å². The van der Waals surface area contributed by atoms with Crippen LogP contribution in [-0.2, 0) is 32.7 Å². The topological polar surface area (TPSA) is 108 Å². The van der Waals surface area contributed by atoms with E-state index in [2.05, 4.69) is 38.2 Å². The van der Waals surface area contributed by atoms with E-state index in [9.17, 15) is 19.0 Å². The number of rotatable bonds is 50. The average molecular weight is 927 g/mol. The van der Waals surface area contributed by atoms with E-state index in [1.165, 1.54) is 180 Å². The molecule has 0 amide bonds. The third-order valence-electron chi connectivity index (χ3n) is 12.0. The van der Waals surface area contributed by atoms with E-state index in [0.717, 1.165) is 44.9 Å². The Morgan fingerprint density at radius 3 is 1.27 bits per heavy atom. The lowest BCUT2D eigenvalue weighted by molar-refractivity contribution is -0.870. The van der Waals surface area contributed by atoms with Gasteiger partial charge in [-0.2, -0.15) is 0 Å². The summed E-state index contributed by atoms with van der Waals surface area (Å²) in [5.41, 5.74) is 0. The molecule has 0 aromatic carbocycles. The third kappa shape index (κ3) is 49.9. The second-order valence-electron chi connectivity index (χ2n) is 19.6. The maximum Gasteiger partial charge on any atom is 0.472 e. The smallest absolute Gasteiger partial charge is 0.462 e. The van der Waals surface area contributed by atoms with E-state index in [0.29, 0.717) is 23.9 Å². The quantitative estimate of drug-likeness (QED) is 0.0211. The van der Waals surface area contributed by atoms with Crippen LogP contribution in [0, 0.1) is 0 Å². The zero-order valence-electron chi connectivity index (χ0n) is 42.8. The number of unbranched alkanes of at least 4 members (excludes halogenated alkanes) is 32. The number of phosphoric acid groups is 1. The first kappa shape index (κ1) is 62.5. The van der Waals surface area contributed by atoms with Crippen LogP contribution in [0.25, 0.3) is 0 Å². The minimum Gasteiger partial charge on any atom is -0.462 e. The van der Waals surface area contributed by atoms with E-state index in [4.69, 9.17) is 18.5 Å². The second-order valence-corrected chi connectivity index (χ2v) is 21.1. The van der Waals surface area contributed by atoms with Crippen molar-refractivity contribution in [2.45, 2.75) is 264 Å². The summed E-state index contributed by atoms with van der Waals surface area (Å²) in [5.74, 6) is -0.789. The van der Waals surface area contributed by atoms with Gasteiger partial charge in [0.1, 0.15) is 19.8 Å². The van der Waals surface area contributed by atoms with Crippen molar-refractivity contribution in [3.63, 3.8) is 0 Å². The van der Waals surface area contributed by atoms with Crippen LogP contribution in [0.15, 0.2) is 24.3 Å². The summed E-state index contributed by atoms with van der Waals surface area (Å²) >= 11 is 0. The lowest BCUT2D eigenvalue weighted by Gasteiger charge is -2.24. The molecular formula is C54H105NO8P+. The molecule has 0 bridgehead atoms. The molecule has 0 rings (SSSR count). The third-order valence-corrected chi connectivity index (χ3v) is 13.0. The predicted molar refractivity (Wildman–Crippen MR) is 271 cm³/mol. The zero-order valence-corrected chi connectivity index (χ0v) is 43.7. The van der Waals surface area contributed by atoms with Gasteiger partial charge in [-0.1, -0.05) is 224 Å². The van der Waals surface area contributed by atoms with E-state index >= 15 is 0 Å². The average Bonchev–Trinajstić information content (AvgIpc) is 3.25. The van der Waals surface area contributed by atoms with Crippen molar-refractivity contribution in [2.75, 3.05) is 47.5 Å². The van der Waals surface area contributed by atoms with Gasteiger partial charge in [0.05, 0.1) is 27.7 Å². The lowest BCUT2D eigenvalue weighted by atomic mass is 10.0. The molecule has 0 heterocycles. The molecule has 0 aromatic heterocycles. The van der Waals surface area contributed by atoms with Gasteiger partial charge in [0.15, 0.2) is 6.10 Å². The molecule has 0 spiro atoms. The fourth-order valence-electron chi connectivity index (χ4n) is 7.75. The van der Waals surface area contributed by atoms with Gasteiger partial charge in [-0.05, 0) is 44.9 Å². The lowest BCUT2D eigenvalue weighted by Crippen LogP contribution is -2.37. The van der Waals surface area contributed by atoms with E-state index in [-0.39, 0.29) is 25.6 Å². The number of carbonyl (C=O) groups is 2. The number of esters is 2. The Hall–Kier alpha value is -1.51. The fraction of sp³-hybridized carbons (Fsp3) is 0.889. The van der Waals surface area contributed by atoms with Crippen LogP contribution in [0.5, 0.6) is 0 Å². The van der Waals surface area contributed by atoms with Crippen LogP contribution in [0.2, 0.25) is 0 Å². The van der Waals surface area contributed by atoms with Crippen LogP contribution in [0.4, 0.5) is 0 Å². The monoisotopic (exact) mass is 927 g/mol. The standard InChI is InChI=1S/C54H104NO8P/c1-6-8-10-12-14-16-18-20-22-24-26-27-29-30-32-34-36-38-40-42-44-46-53(56)60-50-52(51-62-64(58,59)61-49-48-55(3,4)5)63-54(57)47-45-43-41-39-37-35-33-31-28-25-23-21-19-17-15-13-11-9-7-2/h15,17,21,23,52H,6-14,16,18-20,22,24-51H2,1-5H3/p+1/b17-15-,23-21-.